The Morgan fingerprint density at radius 3 is 1.53 bits per heavy atom. The van der Waals surface area contributed by atoms with Gasteiger partial charge in [-0.15, -0.1) is 0 Å². The molecule has 0 saturated carbocycles. The van der Waals surface area contributed by atoms with Crippen molar-refractivity contribution >= 4 is 21.6 Å². The first kappa shape index (κ1) is 12.0. The molecule has 0 amide bonds. The molecule has 88 valence electrons. The molecule has 0 unspecified atom stereocenters. The first-order valence-electron chi connectivity index (χ1n) is 5.17. The van der Waals surface area contributed by atoms with Crippen molar-refractivity contribution in [2.75, 3.05) is 52.6 Å². The van der Waals surface area contributed by atoms with Crippen LogP contribution in [0.5, 0.6) is 0 Å². The smallest absolute Gasteiger partial charge is 0.279 e. The third kappa shape index (κ3) is 2.81. The van der Waals surface area contributed by atoms with Gasteiger partial charge >= 0.3 is 0 Å². The van der Waals surface area contributed by atoms with E-state index in [1.165, 1.54) is 0 Å². The van der Waals surface area contributed by atoms with E-state index in [-0.39, 0.29) is 0 Å². The Balaban J connectivity index is 1.99. The van der Waals surface area contributed by atoms with Crippen LogP contribution in [-0.2, 0) is 14.0 Å². The first-order valence-corrected chi connectivity index (χ1v) is 8.80. The molecule has 5 nitrogen and oxygen atoms in total. The largest absolute Gasteiger partial charge is 0.379 e. The lowest BCUT2D eigenvalue weighted by molar-refractivity contribution is 0.0551. The van der Waals surface area contributed by atoms with Crippen LogP contribution in [0.1, 0.15) is 0 Å². The van der Waals surface area contributed by atoms with E-state index in [1.54, 1.807) is 0 Å². The quantitative estimate of drug-likeness (QED) is 0.716. The van der Waals surface area contributed by atoms with E-state index >= 15 is 0 Å². The maximum absolute atomic E-state index is 12.6. The minimum Gasteiger partial charge on any atom is -0.379 e. The fourth-order valence-electron chi connectivity index (χ4n) is 1.78. The van der Waals surface area contributed by atoms with Crippen LogP contribution in [0.4, 0.5) is 0 Å². The Morgan fingerprint density at radius 1 is 0.867 bits per heavy atom. The molecule has 7 heteroatoms. The molecular weight excluding hydrogens is 283 g/mol. The molecule has 2 aliphatic heterocycles. The Bertz CT molecular complexity index is 232. The number of nitrogens with zero attached hydrogens (tertiary/aromatic N) is 2. The molecule has 2 aliphatic rings. The lowest BCUT2D eigenvalue weighted by atomic mass is 10.5. The van der Waals surface area contributed by atoms with Crippen molar-refractivity contribution in [3.05, 3.63) is 0 Å². The van der Waals surface area contributed by atoms with Crippen molar-refractivity contribution in [3.8, 4) is 0 Å². The molecule has 0 N–H and O–H groups in total. The van der Waals surface area contributed by atoms with E-state index in [9.17, 15) is 4.57 Å². The Morgan fingerprint density at radius 2 is 1.20 bits per heavy atom. The van der Waals surface area contributed by atoms with E-state index in [4.69, 9.17) is 9.47 Å². The highest BCUT2D eigenvalue weighted by Crippen LogP contribution is 2.60. The summed E-state index contributed by atoms with van der Waals surface area (Å²) in [6, 6.07) is 0. The number of morpholine rings is 2. The van der Waals surface area contributed by atoms with E-state index in [0.29, 0.717) is 26.4 Å². The molecule has 0 bridgehead atoms. The van der Waals surface area contributed by atoms with Crippen molar-refractivity contribution in [1.82, 2.24) is 9.34 Å². The lowest BCUT2D eigenvalue weighted by Crippen LogP contribution is -2.41. The van der Waals surface area contributed by atoms with Gasteiger partial charge in [-0.2, -0.15) is 0 Å². The third-order valence-electron chi connectivity index (χ3n) is 2.67. The highest BCUT2D eigenvalue weighted by molar-refractivity contribution is 9.39. The molecule has 0 aromatic heterocycles. The van der Waals surface area contributed by atoms with Crippen LogP contribution in [0.2, 0.25) is 0 Å². The number of rotatable bonds is 2. The highest BCUT2D eigenvalue weighted by Gasteiger charge is 2.36. The summed E-state index contributed by atoms with van der Waals surface area (Å²) in [6.07, 6.45) is -2.52. The second kappa shape index (κ2) is 5.25. The molecule has 2 fully saturated rings. The Kier molecular flexibility index (Phi) is 4.21. The predicted octanol–water partition coefficient (Wildman–Crippen LogP) is 1.15. The number of ether oxygens (including phenoxy) is 2. The highest BCUT2D eigenvalue weighted by atomic mass is 79.9. The summed E-state index contributed by atoms with van der Waals surface area (Å²) in [6.45, 7) is 5.61. The normalized spacial score (nSPS) is 26.7. The number of hydrogen-bond donors (Lipinski definition) is 0. The Labute approximate surface area is 97.9 Å². The minimum atomic E-state index is -2.52. The standard InChI is InChI=1S/C8H16BrN2O3P/c9-15(12,10-1-5-13-6-2-10)11-3-7-14-8-4-11/h1-8H2. The van der Waals surface area contributed by atoms with E-state index in [0.717, 1.165) is 26.2 Å². The molecule has 0 spiro atoms. The van der Waals surface area contributed by atoms with Crippen molar-refractivity contribution in [2.24, 2.45) is 0 Å². The lowest BCUT2D eigenvalue weighted by Gasteiger charge is -2.38. The zero-order valence-electron chi connectivity index (χ0n) is 8.60. The molecule has 0 radical (unpaired) electrons. The van der Waals surface area contributed by atoms with Crippen molar-refractivity contribution in [1.29, 1.82) is 0 Å². The van der Waals surface area contributed by atoms with Gasteiger partial charge in [-0.05, 0) is 0 Å². The Hall–Kier alpha value is 0.550. The van der Waals surface area contributed by atoms with Crippen LogP contribution in [0, 0.1) is 0 Å². The zero-order chi connectivity index (χ0) is 10.7. The van der Waals surface area contributed by atoms with Gasteiger partial charge in [0.2, 0.25) is 0 Å². The van der Waals surface area contributed by atoms with Crippen LogP contribution in [-0.4, -0.2) is 61.9 Å². The molecule has 0 atom stereocenters. The van der Waals surface area contributed by atoms with Crippen LogP contribution >= 0.6 is 21.6 Å². The van der Waals surface area contributed by atoms with E-state index < -0.39 is 6.15 Å². The number of hydrogen-bond acceptors (Lipinski definition) is 3. The fourth-order valence-corrected chi connectivity index (χ4v) is 5.35. The van der Waals surface area contributed by atoms with Crippen molar-refractivity contribution in [3.63, 3.8) is 0 Å². The molecule has 0 aromatic rings. The maximum atomic E-state index is 12.6. The first-order chi connectivity index (χ1) is 7.21. The van der Waals surface area contributed by atoms with Crippen LogP contribution in [0.15, 0.2) is 0 Å². The van der Waals surface area contributed by atoms with E-state index in [1.807, 2.05) is 9.34 Å². The summed E-state index contributed by atoms with van der Waals surface area (Å²) in [5, 5.41) is 0. The summed E-state index contributed by atoms with van der Waals surface area (Å²) in [7, 11) is 0. The summed E-state index contributed by atoms with van der Waals surface area (Å²) >= 11 is 3.40. The van der Waals surface area contributed by atoms with Gasteiger partial charge in [0.15, 0.2) is 0 Å². The molecular formula is C8H16BrN2O3P. The van der Waals surface area contributed by atoms with Gasteiger partial charge in [0.25, 0.3) is 6.15 Å². The summed E-state index contributed by atoms with van der Waals surface area (Å²) in [5.41, 5.74) is 0. The minimum absolute atomic E-state index is 0.667. The van der Waals surface area contributed by atoms with Crippen LogP contribution in [0.25, 0.3) is 0 Å². The molecule has 0 aliphatic carbocycles. The molecule has 2 heterocycles. The molecule has 2 rings (SSSR count). The molecule has 2 saturated heterocycles. The van der Waals surface area contributed by atoms with Crippen molar-refractivity contribution in [2.45, 2.75) is 0 Å². The second-order valence-corrected chi connectivity index (χ2v) is 8.45. The maximum Gasteiger partial charge on any atom is 0.279 e. The average Bonchev–Trinajstić information content (AvgIpc) is 2.31. The SMILES string of the molecule is O=P(Br)(N1CCOCC1)N1CCOCC1. The van der Waals surface area contributed by atoms with Crippen LogP contribution in [0.3, 0.4) is 0 Å². The summed E-state index contributed by atoms with van der Waals surface area (Å²) in [4.78, 5) is 0. The fraction of sp³-hybridized carbons (Fsp3) is 1.00. The average molecular weight is 299 g/mol. The third-order valence-corrected chi connectivity index (χ3v) is 7.56. The second-order valence-electron chi connectivity index (χ2n) is 3.61. The van der Waals surface area contributed by atoms with Gasteiger partial charge < -0.3 is 9.47 Å². The van der Waals surface area contributed by atoms with Gasteiger partial charge in [0.05, 0.1) is 26.4 Å². The van der Waals surface area contributed by atoms with Crippen LogP contribution < -0.4 is 0 Å². The summed E-state index contributed by atoms with van der Waals surface area (Å²) < 4.78 is 27.1. The van der Waals surface area contributed by atoms with Crippen molar-refractivity contribution < 1.29 is 14.0 Å². The molecule has 15 heavy (non-hydrogen) atoms. The predicted molar refractivity (Wildman–Crippen MR) is 61.3 cm³/mol. The van der Waals surface area contributed by atoms with Gasteiger partial charge in [-0.3, -0.25) is 4.57 Å². The summed E-state index contributed by atoms with van der Waals surface area (Å²) in [5.74, 6) is 0. The van der Waals surface area contributed by atoms with Gasteiger partial charge in [-0.25, -0.2) is 9.34 Å². The zero-order valence-corrected chi connectivity index (χ0v) is 11.1. The van der Waals surface area contributed by atoms with Gasteiger partial charge in [-0.1, -0.05) is 0 Å². The topological polar surface area (TPSA) is 42.0 Å². The molecule has 0 aromatic carbocycles. The van der Waals surface area contributed by atoms with Gasteiger partial charge in [0, 0.05) is 41.7 Å². The number of halogens is 1. The van der Waals surface area contributed by atoms with Gasteiger partial charge in [0.1, 0.15) is 0 Å². The monoisotopic (exact) mass is 298 g/mol. The van der Waals surface area contributed by atoms with E-state index in [2.05, 4.69) is 15.5 Å².